The number of pyridine rings is 1. The minimum atomic E-state index is -0.191. The molecular formula is C23H26N2O4. The molecule has 152 valence electrons. The average Bonchev–Trinajstić information content (AvgIpc) is 3.00. The molecule has 0 saturated heterocycles. The molecule has 1 aromatic carbocycles. The number of aryl methyl sites for hydroxylation is 2. The molecule has 6 heteroatoms. The topological polar surface area (TPSA) is 76.6 Å². The van der Waals surface area contributed by atoms with Crippen LogP contribution in [0.4, 0.5) is 0 Å². The Balaban J connectivity index is 1.37. The summed E-state index contributed by atoms with van der Waals surface area (Å²) in [7, 11) is 1.41. The molecule has 3 rings (SSSR count). The molecule has 0 spiro atoms. The van der Waals surface area contributed by atoms with Crippen molar-refractivity contribution in [2.75, 3.05) is 13.7 Å². The first-order chi connectivity index (χ1) is 14.1. The summed E-state index contributed by atoms with van der Waals surface area (Å²) in [5.74, 6) is -0.554. The second-order valence-electron chi connectivity index (χ2n) is 7.21. The van der Waals surface area contributed by atoms with Crippen LogP contribution in [0.2, 0.25) is 0 Å². The van der Waals surface area contributed by atoms with Gasteiger partial charge in [0.2, 0.25) is 0 Å². The lowest BCUT2D eigenvalue weighted by atomic mass is 10.1. The average molecular weight is 394 g/mol. The van der Waals surface area contributed by atoms with Crippen LogP contribution < -0.4 is 0 Å². The Labute approximate surface area is 170 Å². The SMILES string of the molecule is COC(=O)CCCCc1ccc(CCCCN2C(=O)c3ccccc3C2=O)cn1. The molecule has 0 N–H and O–H groups in total. The van der Waals surface area contributed by atoms with E-state index in [9.17, 15) is 14.4 Å². The Kier molecular flexibility index (Phi) is 7.11. The zero-order valence-electron chi connectivity index (χ0n) is 16.7. The maximum Gasteiger partial charge on any atom is 0.305 e. The van der Waals surface area contributed by atoms with Crippen LogP contribution in [-0.4, -0.2) is 41.3 Å². The van der Waals surface area contributed by atoms with Gasteiger partial charge in [-0.3, -0.25) is 24.3 Å². The number of amides is 2. The lowest BCUT2D eigenvalue weighted by molar-refractivity contribution is -0.140. The van der Waals surface area contributed by atoms with Gasteiger partial charge >= 0.3 is 5.97 Å². The number of esters is 1. The first-order valence-electron chi connectivity index (χ1n) is 10.1. The Morgan fingerprint density at radius 2 is 1.62 bits per heavy atom. The fourth-order valence-corrected chi connectivity index (χ4v) is 3.47. The molecule has 2 aromatic rings. The normalized spacial score (nSPS) is 12.9. The highest BCUT2D eigenvalue weighted by Gasteiger charge is 2.34. The fraction of sp³-hybridized carbons (Fsp3) is 0.391. The summed E-state index contributed by atoms with van der Waals surface area (Å²) in [6, 6.07) is 11.1. The highest BCUT2D eigenvalue weighted by atomic mass is 16.5. The molecule has 2 amide bonds. The smallest absolute Gasteiger partial charge is 0.305 e. The van der Waals surface area contributed by atoms with Crippen LogP contribution in [0, 0.1) is 0 Å². The lowest BCUT2D eigenvalue weighted by Gasteiger charge is -2.13. The molecule has 0 saturated carbocycles. The number of fused-ring (bicyclic) bond motifs is 1. The predicted molar refractivity (Wildman–Crippen MR) is 109 cm³/mol. The second kappa shape index (κ2) is 9.96. The maximum atomic E-state index is 12.3. The third kappa shape index (κ3) is 5.28. The highest BCUT2D eigenvalue weighted by molar-refractivity contribution is 6.21. The van der Waals surface area contributed by atoms with Gasteiger partial charge in [0, 0.05) is 24.9 Å². The molecule has 1 aromatic heterocycles. The van der Waals surface area contributed by atoms with Crippen molar-refractivity contribution < 1.29 is 19.1 Å². The highest BCUT2D eigenvalue weighted by Crippen LogP contribution is 2.22. The van der Waals surface area contributed by atoms with Crippen molar-refractivity contribution in [1.82, 2.24) is 9.88 Å². The molecule has 6 nitrogen and oxygen atoms in total. The van der Waals surface area contributed by atoms with Crippen LogP contribution in [-0.2, 0) is 22.4 Å². The number of unbranched alkanes of at least 4 members (excludes halogenated alkanes) is 2. The van der Waals surface area contributed by atoms with Gasteiger partial charge in [-0.1, -0.05) is 18.2 Å². The van der Waals surface area contributed by atoms with Crippen LogP contribution in [0.15, 0.2) is 42.6 Å². The predicted octanol–water partition coefficient (Wildman–Crippen LogP) is 3.59. The number of methoxy groups -OCH3 is 1. The molecule has 0 radical (unpaired) electrons. The Hall–Kier alpha value is -3.02. The molecule has 0 bridgehead atoms. The Morgan fingerprint density at radius 3 is 2.24 bits per heavy atom. The fourth-order valence-electron chi connectivity index (χ4n) is 3.47. The van der Waals surface area contributed by atoms with Crippen molar-refractivity contribution in [3.8, 4) is 0 Å². The minimum absolute atomic E-state index is 0.172. The number of carbonyl (C=O) groups is 3. The van der Waals surface area contributed by atoms with E-state index in [2.05, 4.69) is 15.8 Å². The first-order valence-corrected chi connectivity index (χ1v) is 10.1. The van der Waals surface area contributed by atoms with Crippen LogP contribution in [0.25, 0.3) is 0 Å². The van der Waals surface area contributed by atoms with E-state index in [4.69, 9.17) is 0 Å². The van der Waals surface area contributed by atoms with Gasteiger partial charge < -0.3 is 4.74 Å². The van der Waals surface area contributed by atoms with E-state index >= 15 is 0 Å². The summed E-state index contributed by atoms with van der Waals surface area (Å²) >= 11 is 0. The van der Waals surface area contributed by atoms with E-state index in [0.717, 1.165) is 49.8 Å². The van der Waals surface area contributed by atoms with Gasteiger partial charge in [-0.2, -0.15) is 0 Å². The number of imide groups is 1. The quantitative estimate of drug-likeness (QED) is 0.350. The van der Waals surface area contributed by atoms with Crippen molar-refractivity contribution in [1.29, 1.82) is 0 Å². The largest absolute Gasteiger partial charge is 0.469 e. The van der Waals surface area contributed by atoms with E-state index in [0.29, 0.717) is 24.1 Å². The first kappa shape index (κ1) is 20.7. The van der Waals surface area contributed by atoms with Gasteiger partial charge in [0.15, 0.2) is 0 Å². The van der Waals surface area contributed by atoms with E-state index < -0.39 is 0 Å². The molecular weight excluding hydrogens is 368 g/mol. The number of ether oxygens (including phenoxy) is 1. The molecule has 29 heavy (non-hydrogen) atoms. The Morgan fingerprint density at radius 1 is 0.931 bits per heavy atom. The number of nitrogens with zero attached hydrogens (tertiary/aromatic N) is 2. The van der Waals surface area contributed by atoms with Gasteiger partial charge in [-0.25, -0.2) is 0 Å². The third-order valence-electron chi connectivity index (χ3n) is 5.15. The van der Waals surface area contributed by atoms with Crippen molar-refractivity contribution >= 4 is 17.8 Å². The van der Waals surface area contributed by atoms with Crippen molar-refractivity contribution in [3.63, 3.8) is 0 Å². The minimum Gasteiger partial charge on any atom is -0.469 e. The van der Waals surface area contributed by atoms with E-state index in [1.807, 2.05) is 12.3 Å². The zero-order chi connectivity index (χ0) is 20.6. The number of hydrogen-bond acceptors (Lipinski definition) is 5. The lowest BCUT2D eigenvalue weighted by Crippen LogP contribution is -2.30. The van der Waals surface area contributed by atoms with Gasteiger partial charge in [0.1, 0.15) is 0 Å². The van der Waals surface area contributed by atoms with E-state index in [1.165, 1.54) is 12.0 Å². The van der Waals surface area contributed by atoms with Gasteiger partial charge in [0.05, 0.1) is 18.2 Å². The summed E-state index contributed by atoms with van der Waals surface area (Å²) in [4.78, 5) is 41.6. The zero-order valence-corrected chi connectivity index (χ0v) is 16.7. The Bertz CT molecular complexity index is 842. The summed E-state index contributed by atoms with van der Waals surface area (Å²) < 4.78 is 4.63. The maximum absolute atomic E-state index is 12.3. The van der Waals surface area contributed by atoms with Crippen LogP contribution >= 0.6 is 0 Å². The number of benzene rings is 1. The van der Waals surface area contributed by atoms with Crippen LogP contribution in [0.5, 0.6) is 0 Å². The van der Waals surface area contributed by atoms with Crippen molar-refractivity contribution in [2.45, 2.75) is 44.9 Å². The van der Waals surface area contributed by atoms with Gasteiger partial charge in [0.25, 0.3) is 11.8 Å². The molecule has 0 fully saturated rings. The van der Waals surface area contributed by atoms with Crippen LogP contribution in [0.3, 0.4) is 0 Å². The summed E-state index contributed by atoms with van der Waals surface area (Å²) in [5.41, 5.74) is 3.17. The summed E-state index contributed by atoms with van der Waals surface area (Å²) in [5, 5.41) is 0. The second-order valence-corrected chi connectivity index (χ2v) is 7.21. The molecule has 0 unspecified atom stereocenters. The van der Waals surface area contributed by atoms with Crippen LogP contribution in [0.1, 0.15) is 64.1 Å². The molecule has 1 aliphatic rings. The standard InChI is InChI=1S/C23H26N2O4/c1-29-21(26)12-5-2-9-18-14-13-17(16-24-18)8-6-7-15-25-22(27)19-10-3-4-11-20(19)23(25)28/h3-4,10-11,13-14,16H,2,5-9,12,15H2,1H3. The van der Waals surface area contributed by atoms with Gasteiger partial charge in [-0.15, -0.1) is 0 Å². The molecule has 0 aliphatic carbocycles. The molecule has 1 aliphatic heterocycles. The number of hydrogen-bond donors (Lipinski definition) is 0. The van der Waals surface area contributed by atoms with Gasteiger partial charge in [-0.05, 0) is 62.3 Å². The number of aromatic nitrogens is 1. The van der Waals surface area contributed by atoms with E-state index in [1.54, 1.807) is 24.3 Å². The summed E-state index contributed by atoms with van der Waals surface area (Å²) in [6.07, 6.45) is 7.39. The van der Waals surface area contributed by atoms with Crippen molar-refractivity contribution in [2.24, 2.45) is 0 Å². The molecule has 0 atom stereocenters. The monoisotopic (exact) mass is 394 g/mol. The van der Waals surface area contributed by atoms with E-state index in [-0.39, 0.29) is 17.8 Å². The summed E-state index contributed by atoms with van der Waals surface area (Å²) in [6.45, 7) is 0.443. The number of carbonyl (C=O) groups excluding carboxylic acids is 3. The number of rotatable bonds is 10. The van der Waals surface area contributed by atoms with Crippen molar-refractivity contribution in [3.05, 3.63) is 65.0 Å². The third-order valence-corrected chi connectivity index (χ3v) is 5.15. The molecule has 2 heterocycles.